The standard InChI is InChI=1S/C32H32N6O5/c39-18-24(21-11-5-2-6-12-21)38-28(30(41)34-19-37-23-14-8-7-13-22(23)35-36-37)32-16-15-25(43-32)26(27(32)31(38)42)29(40)33-17-20-9-3-1-4-10-20/h1-14,24-28,39H,15-19H2,(H,33,40)(H,34,41)/t24-,25+,26-,27+,28?,32?/m1/s1. The smallest absolute Gasteiger partial charge is 0.247 e. The van der Waals surface area contributed by atoms with Crippen molar-refractivity contribution in [2.75, 3.05) is 6.61 Å². The van der Waals surface area contributed by atoms with Crippen molar-refractivity contribution in [3.63, 3.8) is 0 Å². The molecule has 6 atom stereocenters. The maximum Gasteiger partial charge on any atom is 0.247 e. The van der Waals surface area contributed by atoms with E-state index in [9.17, 15) is 19.5 Å². The van der Waals surface area contributed by atoms with Crippen LogP contribution in [0.5, 0.6) is 0 Å². The summed E-state index contributed by atoms with van der Waals surface area (Å²) in [5, 5.41) is 24.9. The third-order valence-corrected chi connectivity index (χ3v) is 9.12. The summed E-state index contributed by atoms with van der Waals surface area (Å²) >= 11 is 0. The Morgan fingerprint density at radius 2 is 1.70 bits per heavy atom. The van der Waals surface area contributed by atoms with E-state index >= 15 is 0 Å². The highest BCUT2D eigenvalue weighted by molar-refractivity contribution is 5.99. The van der Waals surface area contributed by atoms with Crippen LogP contribution in [-0.2, 0) is 32.3 Å². The molecule has 1 spiro atoms. The summed E-state index contributed by atoms with van der Waals surface area (Å²) in [6, 6.07) is 24.3. The Morgan fingerprint density at radius 1 is 0.977 bits per heavy atom. The van der Waals surface area contributed by atoms with Crippen LogP contribution in [-0.4, -0.2) is 67.1 Å². The van der Waals surface area contributed by atoms with Crippen molar-refractivity contribution < 1.29 is 24.2 Å². The van der Waals surface area contributed by atoms with Crippen molar-refractivity contribution in [1.82, 2.24) is 30.5 Å². The molecule has 4 heterocycles. The first-order chi connectivity index (χ1) is 21.0. The molecule has 11 heteroatoms. The van der Waals surface area contributed by atoms with Crippen molar-refractivity contribution in [1.29, 1.82) is 0 Å². The number of para-hydroxylation sites is 1. The fraction of sp³-hybridized carbons (Fsp3) is 0.344. The minimum Gasteiger partial charge on any atom is -0.394 e. The topological polar surface area (TPSA) is 139 Å². The number of ether oxygens (including phenoxy) is 1. The first-order valence-electron chi connectivity index (χ1n) is 14.6. The van der Waals surface area contributed by atoms with Crippen LogP contribution >= 0.6 is 0 Å². The second-order valence-electron chi connectivity index (χ2n) is 11.4. The summed E-state index contributed by atoms with van der Waals surface area (Å²) in [6.07, 6.45) is 0.517. The van der Waals surface area contributed by atoms with Gasteiger partial charge < -0.3 is 25.4 Å². The molecule has 3 fully saturated rings. The number of rotatable bonds is 9. The van der Waals surface area contributed by atoms with Crippen molar-refractivity contribution in [3.05, 3.63) is 96.1 Å². The lowest BCUT2D eigenvalue weighted by Gasteiger charge is -2.36. The zero-order valence-corrected chi connectivity index (χ0v) is 23.4. The molecule has 2 unspecified atom stereocenters. The lowest BCUT2D eigenvalue weighted by atomic mass is 9.70. The van der Waals surface area contributed by atoms with Gasteiger partial charge in [-0.2, -0.15) is 0 Å². The summed E-state index contributed by atoms with van der Waals surface area (Å²) in [5.74, 6) is -2.68. The van der Waals surface area contributed by atoms with Gasteiger partial charge in [0.05, 0.1) is 36.1 Å². The molecule has 3 N–H and O–H groups in total. The number of aliphatic hydroxyl groups is 1. The van der Waals surface area contributed by atoms with Gasteiger partial charge in [-0.05, 0) is 36.1 Å². The Kier molecular flexibility index (Phi) is 6.91. The predicted octanol–water partition coefficient (Wildman–Crippen LogP) is 1.93. The average Bonchev–Trinajstić information content (AvgIpc) is 3.80. The minimum atomic E-state index is -1.20. The molecule has 3 aromatic carbocycles. The first-order valence-corrected chi connectivity index (χ1v) is 14.6. The highest BCUT2D eigenvalue weighted by Crippen LogP contribution is 2.59. The molecule has 1 aromatic heterocycles. The number of nitrogens with zero attached hydrogens (tertiary/aromatic N) is 4. The van der Waals surface area contributed by atoms with Crippen LogP contribution in [0.25, 0.3) is 11.0 Å². The maximum atomic E-state index is 14.4. The van der Waals surface area contributed by atoms with Gasteiger partial charge in [0.2, 0.25) is 17.7 Å². The van der Waals surface area contributed by atoms with Gasteiger partial charge in [-0.3, -0.25) is 14.4 Å². The molecule has 3 aliphatic rings. The molecule has 2 bridgehead atoms. The van der Waals surface area contributed by atoms with E-state index in [1.807, 2.05) is 84.9 Å². The summed E-state index contributed by atoms with van der Waals surface area (Å²) in [7, 11) is 0. The van der Waals surface area contributed by atoms with Crippen LogP contribution < -0.4 is 10.6 Å². The van der Waals surface area contributed by atoms with Gasteiger partial charge in [0.1, 0.15) is 23.8 Å². The van der Waals surface area contributed by atoms with Gasteiger partial charge in [0.15, 0.2) is 0 Å². The average molecular weight is 581 g/mol. The number of aromatic nitrogens is 3. The lowest BCUT2D eigenvalue weighted by Crippen LogP contribution is -2.56. The Morgan fingerprint density at radius 3 is 2.47 bits per heavy atom. The molecule has 4 aromatic rings. The van der Waals surface area contributed by atoms with E-state index < -0.39 is 48.1 Å². The Balaban J connectivity index is 1.21. The molecule has 3 aliphatic heterocycles. The fourth-order valence-corrected chi connectivity index (χ4v) is 7.24. The van der Waals surface area contributed by atoms with Gasteiger partial charge in [-0.25, -0.2) is 4.68 Å². The third kappa shape index (κ3) is 4.47. The van der Waals surface area contributed by atoms with E-state index in [1.54, 1.807) is 4.68 Å². The van der Waals surface area contributed by atoms with Gasteiger partial charge in [-0.1, -0.05) is 78.0 Å². The molecule has 43 heavy (non-hydrogen) atoms. The van der Waals surface area contributed by atoms with Crippen molar-refractivity contribution in [3.8, 4) is 0 Å². The third-order valence-electron chi connectivity index (χ3n) is 9.12. The molecular formula is C32H32N6O5. The molecular weight excluding hydrogens is 548 g/mol. The van der Waals surface area contributed by atoms with Crippen molar-refractivity contribution in [2.45, 2.75) is 49.8 Å². The van der Waals surface area contributed by atoms with E-state index in [0.717, 1.165) is 11.1 Å². The van der Waals surface area contributed by atoms with Crippen LogP contribution in [0, 0.1) is 11.8 Å². The number of likely N-dealkylation sites (tertiary alicyclic amines) is 1. The zero-order chi connectivity index (χ0) is 29.6. The Bertz CT molecular complexity index is 1660. The largest absolute Gasteiger partial charge is 0.394 e. The number of hydrogen-bond donors (Lipinski definition) is 3. The fourth-order valence-electron chi connectivity index (χ4n) is 7.24. The predicted molar refractivity (Wildman–Crippen MR) is 155 cm³/mol. The summed E-state index contributed by atoms with van der Waals surface area (Å²) in [6.45, 7) is -0.0535. The highest BCUT2D eigenvalue weighted by Gasteiger charge is 2.75. The Labute approximate surface area is 247 Å². The second kappa shape index (κ2) is 10.9. The maximum absolute atomic E-state index is 14.4. The number of benzene rings is 3. The normalized spacial score (nSPS) is 26.4. The van der Waals surface area contributed by atoms with Crippen LogP contribution in [0.3, 0.4) is 0 Å². The summed E-state index contributed by atoms with van der Waals surface area (Å²) < 4.78 is 8.12. The number of carbonyl (C=O) groups is 3. The van der Waals surface area contributed by atoms with Crippen LogP contribution in [0.4, 0.5) is 0 Å². The molecule has 3 saturated heterocycles. The number of nitrogens with one attached hydrogen (secondary N) is 2. The molecule has 11 nitrogen and oxygen atoms in total. The molecule has 220 valence electrons. The molecule has 7 rings (SSSR count). The van der Waals surface area contributed by atoms with E-state index in [4.69, 9.17) is 4.74 Å². The van der Waals surface area contributed by atoms with Crippen LogP contribution in [0.2, 0.25) is 0 Å². The molecule has 0 radical (unpaired) electrons. The van der Waals surface area contributed by atoms with Gasteiger partial charge in [0, 0.05) is 6.54 Å². The SMILES string of the molecule is O=C(NCn1nnc2ccccc21)C1N([C@H](CO)c2ccccc2)C(=O)[C@@H]2[C@H](C(=O)NCc3ccccc3)[C@@H]3CCC12O3. The van der Waals surface area contributed by atoms with Crippen molar-refractivity contribution >= 4 is 28.8 Å². The molecule has 3 amide bonds. The second-order valence-corrected chi connectivity index (χ2v) is 11.4. The number of fused-ring (bicyclic) bond motifs is 2. The first kappa shape index (κ1) is 27.2. The van der Waals surface area contributed by atoms with Gasteiger partial charge in [0.25, 0.3) is 0 Å². The van der Waals surface area contributed by atoms with Gasteiger partial charge >= 0.3 is 0 Å². The van der Waals surface area contributed by atoms with Crippen LogP contribution in [0.15, 0.2) is 84.9 Å². The van der Waals surface area contributed by atoms with E-state index in [2.05, 4.69) is 20.9 Å². The van der Waals surface area contributed by atoms with Gasteiger partial charge in [-0.15, -0.1) is 5.10 Å². The van der Waals surface area contributed by atoms with E-state index in [1.165, 1.54) is 4.90 Å². The number of aliphatic hydroxyl groups excluding tert-OH is 1. The van der Waals surface area contributed by atoms with Crippen molar-refractivity contribution in [2.24, 2.45) is 11.8 Å². The Hall–Kier alpha value is -4.61. The summed E-state index contributed by atoms with van der Waals surface area (Å²) in [5.41, 5.74) is 1.88. The number of carbonyl (C=O) groups excluding carboxylic acids is 3. The van der Waals surface area contributed by atoms with Crippen LogP contribution in [0.1, 0.15) is 30.0 Å². The van der Waals surface area contributed by atoms with E-state index in [-0.39, 0.29) is 18.5 Å². The number of hydrogen-bond acceptors (Lipinski definition) is 7. The lowest BCUT2D eigenvalue weighted by molar-refractivity contribution is -0.146. The summed E-state index contributed by atoms with van der Waals surface area (Å²) in [4.78, 5) is 43.7. The molecule has 0 aliphatic carbocycles. The monoisotopic (exact) mass is 580 g/mol. The zero-order valence-electron chi connectivity index (χ0n) is 23.4. The minimum absolute atomic E-state index is 0.0260. The van der Waals surface area contributed by atoms with E-state index in [0.29, 0.717) is 30.5 Å². The molecule has 0 saturated carbocycles. The highest BCUT2D eigenvalue weighted by atomic mass is 16.5. The quantitative estimate of drug-likeness (QED) is 0.275. The number of amides is 3.